The number of rotatable bonds is 6. The molecule has 160 valence electrons. The van der Waals surface area contributed by atoms with Crippen molar-refractivity contribution in [2.24, 2.45) is 0 Å². The minimum Gasteiger partial charge on any atom is -0.497 e. The molecule has 1 amide bonds. The second-order valence-corrected chi connectivity index (χ2v) is 9.17. The van der Waals surface area contributed by atoms with E-state index in [1.54, 1.807) is 47.4 Å². The summed E-state index contributed by atoms with van der Waals surface area (Å²) >= 11 is 0. The molecule has 31 heavy (non-hydrogen) atoms. The van der Waals surface area contributed by atoms with Crippen LogP contribution in [0.3, 0.4) is 0 Å². The molecule has 0 aliphatic carbocycles. The van der Waals surface area contributed by atoms with Gasteiger partial charge in [-0.05, 0) is 48.7 Å². The maximum Gasteiger partial charge on any atom is 0.264 e. The van der Waals surface area contributed by atoms with Gasteiger partial charge in [0.2, 0.25) is 5.91 Å². The van der Waals surface area contributed by atoms with Gasteiger partial charge < -0.3 is 9.64 Å². The SMILES string of the molecule is COc1cccc(N(CC(=O)N2CCCc3ccccc32)S(=O)(=O)c2ccccc2)c1. The second-order valence-electron chi connectivity index (χ2n) is 7.30. The Bertz CT molecular complexity index is 1180. The lowest BCUT2D eigenvalue weighted by Gasteiger charge is -2.32. The highest BCUT2D eigenvalue weighted by molar-refractivity contribution is 7.92. The van der Waals surface area contributed by atoms with Crippen LogP contribution in [0.25, 0.3) is 0 Å². The number of fused-ring (bicyclic) bond motifs is 1. The van der Waals surface area contributed by atoms with Crippen molar-refractivity contribution in [2.75, 3.05) is 29.4 Å². The molecule has 0 aromatic heterocycles. The number of nitrogens with zero attached hydrogens (tertiary/aromatic N) is 2. The van der Waals surface area contributed by atoms with Crippen LogP contribution in [0.4, 0.5) is 11.4 Å². The summed E-state index contributed by atoms with van der Waals surface area (Å²) in [4.78, 5) is 15.2. The molecule has 7 heteroatoms. The van der Waals surface area contributed by atoms with E-state index in [4.69, 9.17) is 4.74 Å². The Balaban J connectivity index is 1.73. The standard InChI is InChI=1S/C24H24N2O4S/c1-30-21-12-7-11-20(17-21)26(31(28,29)22-13-3-2-4-14-22)18-24(27)25-16-8-10-19-9-5-6-15-23(19)25/h2-7,9,11-15,17H,8,10,16,18H2,1H3. The first-order chi connectivity index (χ1) is 15.0. The third kappa shape index (κ3) is 4.27. The molecule has 4 rings (SSSR count). The van der Waals surface area contributed by atoms with Gasteiger partial charge in [0.15, 0.2) is 0 Å². The van der Waals surface area contributed by atoms with Crippen molar-refractivity contribution >= 4 is 27.3 Å². The van der Waals surface area contributed by atoms with E-state index in [9.17, 15) is 13.2 Å². The quantitative estimate of drug-likeness (QED) is 0.588. The van der Waals surface area contributed by atoms with E-state index in [1.807, 2.05) is 24.3 Å². The molecule has 0 bridgehead atoms. The molecule has 6 nitrogen and oxygen atoms in total. The third-order valence-corrected chi connectivity index (χ3v) is 7.15. The first-order valence-electron chi connectivity index (χ1n) is 10.1. The summed E-state index contributed by atoms with van der Waals surface area (Å²) in [5.74, 6) is 0.246. The van der Waals surface area contributed by atoms with Gasteiger partial charge in [0, 0.05) is 18.3 Å². The zero-order valence-corrected chi connectivity index (χ0v) is 18.1. The smallest absolute Gasteiger partial charge is 0.264 e. The van der Waals surface area contributed by atoms with E-state index < -0.39 is 10.0 Å². The van der Waals surface area contributed by atoms with Crippen molar-refractivity contribution in [1.29, 1.82) is 0 Å². The minimum atomic E-state index is -3.96. The molecule has 0 radical (unpaired) electrons. The third-order valence-electron chi connectivity index (χ3n) is 5.36. The predicted molar refractivity (Wildman–Crippen MR) is 121 cm³/mol. The van der Waals surface area contributed by atoms with Gasteiger partial charge in [-0.3, -0.25) is 9.10 Å². The van der Waals surface area contributed by atoms with Crippen LogP contribution >= 0.6 is 0 Å². The van der Waals surface area contributed by atoms with Crippen LogP contribution in [0.5, 0.6) is 5.75 Å². The maximum atomic E-state index is 13.5. The summed E-state index contributed by atoms with van der Waals surface area (Å²) in [6.45, 7) is 0.256. The fraction of sp³-hybridized carbons (Fsp3) is 0.208. The fourth-order valence-corrected chi connectivity index (χ4v) is 5.23. The van der Waals surface area contributed by atoms with Crippen molar-refractivity contribution in [3.05, 3.63) is 84.4 Å². The van der Waals surface area contributed by atoms with Crippen molar-refractivity contribution < 1.29 is 17.9 Å². The van der Waals surface area contributed by atoms with Gasteiger partial charge in [-0.15, -0.1) is 0 Å². The molecule has 0 spiro atoms. The molecule has 0 N–H and O–H groups in total. The maximum absolute atomic E-state index is 13.5. The lowest BCUT2D eigenvalue weighted by molar-refractivity contribution is -0.117. The van der Waals surface area contributed by atoms with Gasteiger partial charge in [-0.25, -0.2) is 8.42 Å². The molecule has 0 saturated heterocycles. The number of carbonyl (C=O) groups excluding carboxylic acids is 1. The summed E-state index contributed by atoms with van der Waals surface area (Å²) < 4.78 is 33.5. The molecule has 3 aromatic rings. The number of sulfonamides is 1. The second kappa shape index (κ2) is 8.81. The van der Waals surface area contributed by atoms with Crippen LogP contribution in [0.1, 0.15) is 12.0 Å². The first kappa shape index (κ1) is 20.9. The summed E-state index contributed by atoms with van der Waals surface area (Å²) in [6.07, 6.45) is 1.75. The number of para-hydroxylation sites is 1. The molecule has 0 unspecified atom stereocenters. The number of methoxy groups -OCH3 is 1. The number of hydrogen-bond acceptors (Lipinski definition) is 4. The molecular weight excluding hydrogens is 412 g/mol. The van der Waals surface area contributed by atoms with Crippen molar-refractivity contribution in [3.63, 3.8) is 0 Å². The number of aryl methyl sites for hydroxylation is 1. The van der Waals surface area contributed by atoms with Gasteiger partial charge >= 0.3 is 0 Å². The molecule has 1 heterocycles. The monoisotopic (exact) mass is 436 g/mol. The summed E-state index contributed by atoms with van der Waals surface area (Å²) in [6, 6.07) is 22.7. The highest BCUT2D eigenvalue weighted by Crippen LogP contribution is 2.30. The number of carbonyl (C=O) groups is 1. The van der Waals surface area contributed by atoms with Crippen molar-refractivity contribution in [3.8, 4) is 5.75 Å². The Hall–Kier alpha value is -3.32. The number of ether oxygens (including phenoxy) is 1. The lowest BCUT2D eigenvalue weighted by atomic mass is 10.0. The minimum absolute atomic E-state index is 0.129. The van der Waals surface area contributed by atoms with Gasteiger partial charge in [0.05, 0.1) is 17.7 Å². The van der Waals surface area contributed by atoms with Crippen LogP contribution in [0.2, 0.25) is 0 Å². The average Bonchev–Trinajstić information content (AvgIpc) is 2.82. The van der Waals surface area contributed by atoms with Gasteiger partial charge in [0.25, 0.3) is 10.0 Å². The topological polar surface area (TPSA) is 66.9 Å². The molecular formula is C24H24N2O4S. The van der Waals surface area contributed by atoms with E-state index in [0.29, 0.717) is 18.0 Å². The molecule has 1 aliphatic rings. The highest BCUT2D eigenvalue weighted by atomic mass is 32.2. The molecule has 3 aromatic carbocycles. The molecule has 0 fully saturated rings. The van der Waals surface area contributed by atoms with Crippen LogP contribution in [-0.2, 0) is 21.2 Å². The average molecular weight is 437 g/mol. The van der Waals surface area contributed by atoms with Crippen LogP contribution in [-0.4, -0.2) is 34.5 Å². The first-order valence-corrected chi connectivity index (χ1v) is 11.5. The summed E-state index contributed by atoms with van der Waals surface area (Å²) in [5, 5.41) is 0. The van der Waals surface area contributed by atoms with E-state index in [2.05, 4.69) is 0 Å². The Labute approximate surface area is 182 Å². The number of hydrogen-bond donors (Lipinski definition) is 0. The van der Waals surface area contributed by atoms with Crippen molar-refractivity contribution in [1.82, 2.24) is 0 Å². The van der Waals surface area contributed by atoms with E-state index in [0.717, 1.165) is 28.4 Å². The molecule has 1 aliphatic heterocycles. The van der Waals surface area contributed by atoms with Gasteiger partial charge in [-0.2, -0.15) is 0 Å². The highest BCUT2D eigenvalue weighted by Gasteiger charge is 2.31. The van der Waals surface area contributed by atoms with Crippen molar-refractivity contribution in [2.45, 2.75) is 17.7 Å². The number of anilines is 2. The van der Waals surface area contributed by atoms with E-state index in [1.165, 1.54) is 19.2 Å². The normalized spacial score (nSPS) is 13.4. The van der Waals surface area contributed by atoms with E-state index in [-0.39, 0.29) is 17.3 Å². The van der Waals surface area contributed by atoms with Gasteiger partial charge in [0.1, 0.15) is 12.3 Å². The van der Waals surface area contributed by atoms with Crippen LogP contribution in [0, 0.1) is 0 Å². The summed E-state index contributed by atoms with van der Waals surface area (Å²) in [7, 11) is -2.44. The van der Waals surface area contributed by atoms with Gasteiger partial charge in [-0.1, -0.05) is 42.5 Å². The lowest BCUT2D eigenvalue weighted by Crippen LogP contribution is -2.45. The Morgan fingerprint density at radius 3 is 2.52 bits per heavy atom. The molecule has 0 atom stereocenters. The fourth-order valence-electron chi connectivity index (χ4n) is 3.80. The zero-order valence-electron chi connectivity index (χ0n) is 17.3. The molecule has 0 saturated carbocycles. The Kier molecular flexibility index (Phi) is 5.95. The Morgan fingerprint density at radius 2 is 1.74 bits per heavy atom. The van der Waals surface area contributed by atoms with E-state index >= 15 is 0 Å². The largest absolute Gasteiger partial charge is 0.497 e. The van der Waals surface area contributed by atoms with Crippen LogP contribution < -0.4 is 13.9 Å². The zero-order chi connectivity index (χ0) is 21.8. The summed E-state index contributed by atoms with van der Waals surface area (Å²) in [5.41, 5.74) is 2.32. The van der Waals surface area contributed by atoms with Crippen LogP contribution in [0.15, 0.2) is 83.8 Å². The number of amides is 1. The number of benzene rings is 3. The Morgan fingerprint density at radius 1 is 1.00 bits per heavy atom. The predicted octanol–water partition coefficient (Wildman–Crippen LogP) is 3.87.